The summed E-state index contributed by atoms with van der Waals surface area (Å²) in [6, 6.07) is 14.2. The zero-order valence-corrected chi connectivity index (χ0v) is 16.5. The van der Waals surface area contributed by atoms with Crippen LogP contribution in [0.15, 0.2) is 69.4 Å². The van der Waals surface area contributed by atoms with Gasteiger partial charge in [0.15, 0.2) is 12.1 Å². The van der Waals surface area contributed by atoms with Crippen LogP contribution in [0.25, 0.3) is 0 Å². The molecule has 0 bridgehead atoms. The van der Waals surface area contributed by atoms with Crippen LogP contribution in [-0.4, -0.2) is 48.4 Å². The molecule has 1 saturated heterocycles. The number of hydrogen-bond acceptors (Lipinski definition) is 6. The van der Waals surface area contributed by atoms with Crippen molar-refractivity contribution < 1.29 is 14.4 Å². The van der Waals surface area contributed by atoms with Gasteiger partial charge in [0.25, 0.3) is 11.8 Å². The van der Waals surface area contributed by atoms with Crippen LogP contribution in [-0.2, 0) is 14.4 Å². The summed E-state index contributed by atoms with van der Waals surface area (Å²) in [5.74, 6) is -1.13. The number of rotatable bonds is 4. The molecule has 2 atom stereocenters. The Morgan fingerprint density at radius 2 is 1.75 bits per heavy atom. The van der Waals surface area contributed by atoms with Crippen molar-refractivity contribution in [2.75, 3.05) is 23.4 Å². The molecular formula is C19H16BrN5O3. The lowest BCUT2D eigenvalue weighted by atomic mass is 10.1. The molecule has 8 nitrogen and oxygen atoms in total. The molecule has 2 unspecified atom stereocenters. The van der Waals surface area contributed by atoms with E-state index in [1.807, 2.05) is 30.3 Å². The van der Waals surface area contributed by atoms with E-state index in [4.69, 9.17) is 0 Å². The van der Waals surface area contributed by atoms with Gasteiger partial charge < -0.3 is 4.90 Å². The molecule has 0 N–H and O–H groups in total. The lowest BCUT2D eigenvalue weighted by Gasteiger charge is -2.23. The van der Waals surface area contributed by atoms with E-state index >= 15 is 0 Å². The fraction of sp³-hybridized carbons (Fsp3) is 0.211. The van der Waals surface area contributed by atoms with E-state index in [1.165, 1.54) is 9.91 Å². The minimum absolute atomic E-state index is 0.150. The van der Waals surface area contributed by atoms with Crippen molar-refractivity contribution >= 4 is 45.0 Å². The summed E-state index contributed by atoms with van der Waals surface area (Å²) in [5, 5.41) is 9.16. The molecule has 0 radical (unpaired) electrons. The summed E-state index contributed by atoms with van der Waals surface area (Å²) < 4.78 is 0.839. The fourth-order valence-electron chi connectivity index (χ4n) is 3.24. The Morgan fingerprint density at radius 1 is 1.07 bits per heavy atom. The van der Waals surface area contributed by atoms with Crippen LogP contribution in [0.2, 0.25) is 0 Å². The van der Waals surface area contributed by atoms with Crippen LogP contribution in [0.3, 0.4) is 0 Å². The van der Waals surface area contributed by atoms with Gasteiger partial charge in [-0.2, -0.15) is 5.11 Å². The number of carbonyl (C=O) groups excluding carboxylic acids is 3. The molecule has 142 valence electrons. The predicted molar refractivity (Wildman–Crippen MR) is 106 cm³/mol. The van der Waals surface area contributed by atoms with Gasteiger partial charge >= 0.3 is 0 Å². The number of halogens is 1. The minimum Gasteiger partial charge on any atom is -0.314 e. The van der Waals surface area contributed by atoms with E-state index in [1.54, 1.807) is 31.3 Å². The van der Waals surface area contributed by atoms with E-state index in [0.29, 0.717) is 5.69 Å². The van der Waals surface area contributed by atoms with Crippen LogP contribution in [0.5, 0.6) is 0 Å². The number of benzene rings is 2. The largest absolute Gasteiger partial charge is 0.314 e. The van der Waals surface area contributed by atoms with E-state index in [-0.39, 0.29) is 12.5 Å². The topological polar surface area (TPSA) is 85.7 Å². The minimum atomic E-state index is -0.925. The molecule has 28 heavy (non-hydrogen) atoms. The number of fused-ring (bicyclic) bond motifs is 1. The number of amides is 3. The van der Waals surface area contributed by atoms with Crippen molar-refractivity contribution in [3.8, 4) is 0 Å². The Morgan fingerprint density at radius 3 is 2.43 bits per heavy atom. The maximum Gasteiger partial charge on any atom is 0.263 e. The van der Waals surface area contributed by atoms with Crippen LogP contribution >= 0.6 is 15.9 Å². The zero-order valence-electron chi connectivity index (χ0n) is 14.9. The molecule has 3 amide bonds. The van der Waals surface area contributed by atoms with Gasteiger partial charge in [0.1, 0.15) is 6.54 Å². The van der Waals surface area contributed by atoms with Gasteiger partial charge in [-0.25, -0.2) is 4.90 Å². The summed E-state index contributed by atoms with van der Waals surface area (Å²) in [6.07, 6.45) is 0. The molecule has 4 rings (SSSR count). The molecule has 0 aromatic heterocycles. The SMILES string of the molecule is CN(C(=O)CN1N=NC2C(=O)N(c3ccc(Br)cc3)C(=O)C21)c1ccccc1. The van der Waals surface area contributed by atoms with Crippen molar-refractivity contribution in [2.45, 2.75) is 12.1 Å². The average Bonchev–Trinajstić information content (AvgIpc) is 3.23. The molecule has 9 heteroatoms. The van der Waals surface area contributed by atoms with Gasteiger partial charge in [-0.05, 0) is 36.4 Å². The second-order valence-corrected chi connectivity index (χ2v) is 7.38. The highest BCUT2D eigenvalue weighted by molar-refractivity contribution is 9.10. The smallest absolute Gasteiger partial charge is 0.263 e. The van der Waals surface area contributed by atoms with E-state index in [2.05, 4.69) is 26.3 Å². The highest BCUT2D eigenvalue weighted by atomic mass is 79.9. The fourth-order valence-corrected chi connectivity index (χ4v) is 3.50. The van der Waals surface area contributed by atoms with Crippen LogP contribution in [0, 0.1) is 0 Å². The molecule has 2 aromatic rings. The number of carbonyl (C=O) groups is 3. The Labute approximate surface area is 169 Å². The molecule has 2 heterocycles. The highest BCUT2D eigenvalue weighted by Gasteiger charge is 2.55. The number of para-hydroxylation sites is 1. The molecule has 2 aliphatic heterocycles. The molecule has 1 fully saturated rings. The van der Waals surface area contributed by atoms with E-state index in [9.17, 15) is 14.4 Å². The third-order valence-electron chi connectivity index (χ3n) is 4.76. The molecule has 2 aromatic carbocycles. The predicted octanol–water partition coefficient (Wildman–Crippen LogP) is 2.41. The summed E-state index contributed by atoms with van der Waals surface area (Å²) in [5.41, 5.74) is 1.20. The van der Waals surface area contributed by atoms with Crippen LogP contribution in [0.4, 0.5) is 11.4 Å². The zero-order chi connectivity index (χ0) is 19.8. The van der Waals surface area contributed by atoms with Crippen LogP contribution in [0.1, 0.15) is 0 Å². The lowest BCUT2D eigenvalue weighted by molar-refractivity contribution is -0.124. The van der Waals surface area contributed by atoms with E-state index < -0.39 is 23.9 Å². The molecular weight excluding hydrogens is 426 g/mol. The van der Waals surface area contributed by atoms with Gasteiger partial charge in [-0.3, -0.25) is 19.4 Å². The number of hydrogen-bond donors (Lipinski definition) is 0. The van der Waals surface area contributed by atoms with Gasteiger partial charge in [-0.1, -0.05) is 39.4 Å². The third-order valence-corrected chi connectivity index (χ3v) is 5.29. The second kappa shape index (κ2) is 7.16. The highest BCUT2D eigenvalue weighted by Crippen LogP contribution is 2.32. The Balaban J connectivity index is 1.52. The van der Waals surface area contributed by atoms with Crippen molar-refractivity contribution in [3.05, 3.63) is 59.1 Å². The molecule has 2 aliphatic rings. The Bertz CT molecular complexity index is 963. The van der Waals surface area contributed by atoms with Crippen molar-refractivity contribution in [1.29, 1.82) is 0 Å². The van der Waals surface area contributed by atoms with Crippen molar-refractivity contribution in [3.63, 3.8) is 0 Å². The monoisotopic (exact) mass is 441 g/mol. The third kappa shape index (κ3) is 3.07. The van der Waals surface area contributed by atoms with Crippen molar-refractivity contribution in [1.82, 2.24) is 5.01 Å². The van der Waals surface area contributed by atoms with Gasteiger partial charge in [0.2, 0.25) is 5.91 Å². The first-order chi connectivity index (χ1) is 13.5. The Hall–Kier alpha value is -3.07. The summed E-state index contributed by atoms with van der Waals surface area (Å²) >= 11 is 3.33. The van der Waals surface area contributed by atoms with Gasteiger partial charge in [-0.15, -0.1) is 0 Å². The average molecular weight is 442 g/mol. The summed E-state index contributed by atoms with van der Waals surface area (Å²) in [6.45, 7) is -0.150. The first-order valence-corrected chi connectivity index (χ1v) is 9.39. The molecule has 0 spiro atoms. The first kappa shape index (κ1) is 18.3. The number of likely N-dealkylation sites (N-methyl/N-ethyl adjacent to an activating group) is 1. The quantitative estimate of drug-likeness (QED) is 0.681. The van der Waals surface area contributed by atoms with E-state index in [0.717, 1.165) is 15.1 Å². The first-order valence-electron chi connectivity index (χ1n) is 8.60. The van der Waals surface area contributed by atoms with Gasteiger partial charge in [0, 0.05) is 17.2 Å². The maximum absolute atomic E-state index is 12.9. The van der Waals surface area contributed by atoms with Crippen LogP contribution < -0.4 is 9.80 Å². The lowest BCUT2D eigenvalue weighted by Crippen LogP contribution is -2.45. The molecule has 0 saturated carbocycles. The normalized spacial score (nSPS) is 20.6. The maximum atomic E-state index is 12.9. The summed E-state index contributed by atoms with van der Waals surface area (Å²) in [7, 11) is 1.65. The Kier molecular flexibility index (Phi) is 4.68. The number of anilines is 2. The summed E-state index contributed by atoms with van der Waals surface area (Å²) in [4.78, 5) is 40.8. The number of nitrogens with zero attached hydrogens (tertiary/aromatic N) is 5. The number of imide groups is 1. The molecule has 0 aliphatic carbocycles. The van der Waals surface area contributed by atoms with Gasteiger partial charge in [0.05, 0.1) is 5.69 Å². The van der Waals surface area contributed by atoms with Crippen molar-refractivity contribution in [2.24, 2.45) is 10.3 Å². The standard InChI is InChI=1S/C19H16BrN5O3/c1-23(13-5-3-2-4-6-13)15(26)11-24-17-16(21-22-24)18(27)25(19(17)28)14-9-7-12(20)8-10-14/h2-10,16-17H,11H2,1H3. The second-order valence-electron chi connectivity index (χ2n) is 6.47.